The molecule has 2 atom stereocenters. The molecule has 84 valence electrons. The molecule has 0 saturated carbocycles. The molecular formula is C11H24N2O. The summed E-state index contributed by atoms with van der Waals surface area (Å²) in [6.45, 7) is 6.40. The molecule has 0 amide bonds. The molecule has 1 N–H and O–H groups in total. The van der Waals surface area contributed by atoms with Crippen molar-refractivity contribution in [1.29, 1.82) is 0 Å². The van der Waals surface area contributed by atoms with E-state index in [2.05, 4.69) is 31.2 Å². The molecule has 1 saturated heterocycles. The number of nitrogens with zero attached hydrogens (tertiary/aromatic N) is 1. The summed E-state index contributed by atoms with van der Waals surface area (Å²) in [6, 6.07) is 0.642. The standard InChI is InChI=1S/C11H24N2O/c1-4-6-13(3)8-10-9-14-7-5-11(10)12-2/h10-12H,4-9H2,1-3H3. The third kappa shape index (κ3) is 3.56. The third-order valence-corrected chi connectivity index (χ3v) is 3.00. The van der Waals surface area contributed by atoms with Gasteiger partial charge in [0, 0.05) is 25.1 Å². The minimum absolute atomic E-state index is 0.642. The number of rotatable bonds is 5. The van der Waals surface area contributed by atoms with E-state index in [4.69, 9.17) is 4.74 Å². The van der Waals surface area contributed by atoms with Gasteiger partial charge < -0.3 is 15.0 Å². The van der Waals surface area contributed by atoms with Gasteiger partial charge in [-0.2, -0.15) is 0 Å². The summed E-state index contributed by atoms with van der Waals surface area (Å²) >= 11 is 0. The van der Waals surface area contributed by atoms with Crippen LogP contribution in [0.2, 0.25) is 0 Å². The molecule has 3 nitrogen and oxygen atoms in total. The summed E-state index contributed by atoms with van der Waals surface area (Å²) in [6.07, 6.45) is 2.38. The Kier molecular flexibility index (Phi) is 5.45. The van der Waals surface area contributed by atoms with Crippen molar-refractivity contribution in [3.8, 4) is 0 Å². The maximum atomic E-state index is 5.53. The number of nitrogens with one attached hydrogen (secondary N) is 1. The van der Waals surface area contributed by atoms with E-state index in [-0.39, 0.29) is 0 Å². The molecule has 2 unspecified atom stereocenters. The highest BCUT2D eigenvalue weighted by Gasteiger charge is 2.24. The largest absolute Gasteiger partial charge is 0.381 e. The Hall–Kier alpha value is -0.120. The van der Waals surface area contributed by atoms with E-state index in [0.717, 1.165) is 26.2 Å². The van der Waals surface area contributed by atoms with Crippen molar-refractivity contribution in [1.82, 2.24) is 10.2 Å². The molecule has 0 aromatic rings. The van der Waals surface area contributed by atoms with Crippen molar-refractivity contribution in [3.63, 3.8) is 0 Å². The van der Waals surface area contributed by atoms with E-state index in [1.165, 1.54) is 13.0 Å². The smallest absolute Gasteiger partial charge is 0.0521 e. The molecule has 1 aliphatic heterocycles. The number of hydrogen-bond acceptors (Lipinski definition) is 3. The lowest BCUT2D eigenvalue weighted by Gasteiger charge is -2.34. The molecule has 1 heterocycles. The number of ether oxygens (including phenoxy) is 1. The monoisotopic (exact) mass is 200 g/mol. The molecule has 0 radical (unpaired) electrons. The van der Waals surface area contributed by atoms with Gasteiger partial charge in [-0.15, -0.1) is 0 Å². The SMILES string of the molecule is CCCN(C)CC1COCCC1NC. The maximum Gasteiger partial charge on any atom is 0.0521 e. The van der Waals surface area contributed by atoms with E-state index < -0.39 is 0 Å². The number of hydrogen-bond donors (Lipinski definition) is 1. The Labute approximate surface area is 87.8 Å². The lowest BCUT2D eigenvalue weighted by Crippen LogP contribution is -2.46. The molecule has 0 bridgehead atoms. The summed E-state index contributed by atoms with van der Waals surface area (Å²) in [7, 11) is 4.26. The van der Waals surface area contributed by atoms with Gasteiger partial charge >= 0.3 is 0 Å². The van der Waals surface area contributed by atoms with Crippen molar-refractivity contribution < 1.29 is 4.74 Å². The van der Waals surface area contributed by atoms with Gasteiger partial charge in [0.25, 0.3) is 0 Å². The summed E-state index contributed by atoms with van der Waals surface area (Å²) in [5, 5.41) is 3.39. The maximum absolute atomic E-state index is 5.53. The Balaban J connectivity index is 2.32. The van der Waals surface area contributed by atoms with Gasteiger partial charge in [0.05, 0.1) is 6.61 Å². The van der Waals surface area contributed by atoms with Gasteiger partial charge in [-0.05, 0) is 33.5 Å². The van der Waals surface area contributed by atoms with Crippen LogP contribution in [-0.4, -0.2) is 51.3 Å². The van der Waals surface area contributed by atoms with Crippen LogP contribution in [0.5, 0.6) is 0 Å². The zero-order valence-electron chi connectivity index (χ0n) is 9.75. The van der Waals surface area contributed by atoms with E-state index in [1.54, 1.807) is 0 Å². The van der Waals surface area contributed by atoms with E-state index in [0.29, 0.717) is 12.0 Å². The first-order valence-electron chi connectivity index (χ1n) is 5.71. The highest BCUT2D eigenvalue weighted by molar-refractivity contribution is 4.80. The third-order valence-electron chi connectivity index (χ3n) is 3.00. The quantitative estimate of drug-likeness (QED) is 0.715. The molecule has 1 fully saturated rings. The Bertz CT molecular complexity index is 152. The van der Waals surface area contributed by atoms with Crippen molar-refractivity contribution in [2.24, 2.45) is 5.92 Å². The lowest BCUT2D eigenvalue weighted by molar-refractivity contribution is 0.0217. The van der Waals surface area contributed by atoms with Crippen LogP contribution >= 0.6 is 0 Å². The minimum Gasteiger partial charge on any atom is -0.381 e. The Morgan fingerprint density at radius 1 is 1.50 bits per heavy atom. The van der Waals surface area contributed by atoms with Gasteiger partial charge in [-0.1, -0.05) is 6.92 Å². The Morgan fingerprint density at radius 2 is 2.29 bits per heavy atom. The first-order chi connectivity index (χ1) is 6.77. The fraction of sp³-hybridized carbons (Fsp3) is 1.00. The Morgan fingerprint density at radius 3 is 2.93 bits per heavy atom. The predicted molar refractivity (Wildman–Crippen MR) is 59.6 cm³/mol. The molecule has 0 spiro atoms. The van der Waals surface area contributed by atoms with Crippen molar-refractivity contribution in [2.45, 2.75) is 25.8 Å². The fourth-order valence-electron chi connectivity index (χ4n) is 2.23. The van der Waals surface area contributed by atoms with Crippen molar-refractivity contribution >= 4 is 0 Å². The van der Waals surface area contributed by atoms with Crippen LogP contribution in [-0.2, 0) is 4.74 Å². The van der Waals surface area contributed by atoms with Crippen LogP contribution < -0.4 is 5.32 Å². The van der Waals surface area contributed by atoms with Gasteiger partial charge in [0.15, 0.2) is 0 Å². The highest BCUT2D eigenvalue weighted by Crippen LogP contribution is 2.15. The first-order valence-corrected chi connectivity index (χ1v) is 5.71. The van der Waals surface area contributed by atoms with Crippen LogP contribution in [0, 0.1) is 5.92 Å². The van der Waals surface area contributed by atoms with Crippen molar-refractivity contribution in [3.05, 3.63) is 0 Å². The van der Waals surface area contributed by atoms with Crippen LogP contribution in [0.1, 0.15) is 19.8 Å². The fourth-order valence-corrected chi connectivity index (χ4v) is 2.23. The molecule has 14 heavy (non-hydrogen) atoms. The second kappa shape index (κ2) is 6.38. The van der Waals surface area contributed by atoms with Gasteiger partial charge in [0.1, 0.15) is 0 Å². The normalized spacial score (nSPS) is 28.3. The second-order valence-corrected chi connectivity index (χ2v) is 4.28. The van der Waals surface area contributed by atoms with E-state index in [9.17, 15) is 0 Å². The van der Waals surface area contributed by atoms with Gasteiger partial charge in [-0.3, -0.25) is 0 Å². The molecular weight excluding hydrogens is 176 g/mol. The highest BCUT2D eigenvalue weighted by atomic mass is 16.5. The summed E-state index contributed by atoms with van der Waals surface area (Å²) < 4.78 is 5.53. The second-order valence-electron chi connectivity index (χ2n) is 4.28. The minimum atomic E-state index is 0.642. The summed E-state index contributed by atoms with van der Waals surface area (Å²) in [5.41, 5.74) is 0. The molecule has 0 aliphatic carbocycles. The summed E-state index contributed by atoms with van der Waals surface area (Å²) in [4.78, 5) is 2.41. The van der Waals surface area contributed by atoms with E-state index in [1.807, 2.05) is 0 Å². The molecule has 1 rings (SSSR count). The lowest BCUT2D eigenvalue weighted by atomic mass is 9.95. The molecule has 3 heteroatoms. The predicted octanol–water partition coefficient (Wildman–Crippen LogP) is 0.953. The van der Waals surface area contributed by atoms with Crippen LogP contribution in [0.4, 0.5) is 0 Å². The average Bonchev–Trinajstić information content (AvgIpc) is 2.19. The van der Waals surface area contributed by atoms with Crippen LogP contribution in [0.3, 0.4) is 0 Å². The molecule has 0 aromatic carbocycles. The molecule has 1 aliphatic rings. The zero-order valence-corrected chi connectivity index (χ0v) is 9.75. The van der Waals surface area contributed by atoms with Gasteiger partial charge in [-0.25, -0.2) is 0 Å². The topological polar surface area (TPSA) is 24.5 Å². The van der Waals surface area contributed by atoms with E-state index >= 15 is 0 Å². The molecule has 0 aromatic heterocycles. The summed E-state index contributed by atoms with van der Waals surface area (Å²) in [5.74, 6) is 0.658. The van der Waals surface area contributed by atoms with Crippen LogP contribution in [0.15, 0.2) is 0 Å². The van der Waals surface area contributed by atoms with Gasteiger partial charge in [0.2, 0.25) is 0 Å². The average molecular weight is 200 g/mol. The van der Waals surface area contributed by atoms with Crippen molar-refractivity contribution in [2.75, 3.05) is 40.4 Å². The van der Waals surface area contributed by atoms with Crippen LogP contribution in [0.25, 0.3) is 0 Å². The zero-order chi connectivity index (χ0) is 10.4. The first kappa shape index (κ1) is 12.0.